The number of nitrogens with one attached hydrogen (secondary N) is 2. The second-order valence-electron chi connectivity index (χ2n) is 7.47. The van der Waals surface area contributed by atoms with Crippen LogP contribution in [-0.2, 0) is 6.42 Å². The SMILES string of the molecule is C[C@@H](Oc1ccc2[nH]nc(-c3nc4ccc(CCO)cc4[nH]3)c2c1)c1c(Cl)cncc1Cl. The summed E-state index contributed by atoms with van der Waals surface area (Å²) < 4.78 is 6.14. The zero-order valence-electron chi connectivity index (χ0n) is 17.1. The maximum Gasteiger partial charge on any atom is 0.159 e. The number of hydrogen-bond acceptors (Lipinski definition) is 5. The molecular weight excluding hydrogens is 449 g/mol. The first-order valence-corrected chi connectivity index (χ1v) is 10.8. The van der Waals surface area contributed by atoms with Gasteiger partial charge in [-0.25, -0.2) is 4.98 Å². The van der Waals surface area contributed by atoms with Crippen molar-refractivity contribution in [2.75, 3.05) is 6.61 Å². The van der Waals surface area contributed by atoms with Gasteiger partial charge in [0.25, 0.3) is 0 Å². The molecule has 0 saturated carbocycles. The molecule has 0 unspecified atom stereocenters. The fourth-order valence-electron chi connectivity index (χ4n) is 3.77. The molecule has 0 fully saturated rings. The summed E-state index contributed by atoms with van der Waals surface area (Å²) in [5, 5.41) is 18.5. The first-order chi connectivity index (χ1) is 15.5. The lowest BCUT2D eigenvalue weighted by molar-refractivity contribution is 0.227. The van der Waals surface area contributed by atoms with Crippen LogP contribution in [0.2, 0.25) is 10.0 Å². The van der Waals surface area contributed by atoms with Gasteiger partial charge in [0, 0.05) is 30.0 Å². The molecule has 0 aliphatic heterocycles. The Morgan fingerprint density at radius 1 is 1.06 bits per heavy atom. The number of aromatic nitrogens is 5. The van der Waals surface area contributed by atoms with Crippen molar-refractivity contribution in [1.29, 1.82) is 0 Å². The summed E-state index contributed by atoms with van der Waals surface area (Å²) in [5.74, 6) is 1.30. The molecule has 3 heterocycles. The lowest BCUT2D eigenvalue weighted by Crippen LogP contribution is -2.05. The van der Waals surface area contributed by atoms with Gasteiger partial charge in [-0.05, 0) is 49.2 Å². The monoisotopic (exact) mass is 467 g/mol. The summed E-state index contributed by atoms with van der Waals surface area (Å²) in [7, 11) is 0. The molecule has 1 atom stereocenters. The topological polar surface area (TPSA) is 99.7 Å². The Kier molecular flexibility index (Phi) is 5.46. The molecule has 9 heteroatoms. The number of halogens is 2. The van der Waals surface area contributed by atoms with E-state index in [4.69, 9.17) is 27.9 Å². The number of aromatic amines is 2. The van der Waals surface area contributed by atoms with Gasteiger partial charge in [-0.15, -0.1) is 0 Å². The average molecular weight is 468 g/mol. The van der Waals surface area contributed by atoms with E-state index in [-0.39, 0.29) is 12.7 Å². The molecule has 0 bridgehead atoms. The number of imidazole rings is 1. The first-order valence-electron chi connectivity index (χ1n) is 10.1. The van der Waals surface area contributed by atoms with Crippen LogP contribution in [0.4, 0.5) is 0 Å². The van der Waals surface area contributed by atoms with Gasteiger partial charge in [0.05, 0.1) is 26.6 Å². The van der Waals surface area contributed by atoms with Gasteiger partial charge in [0.15, 0.2) is 5.82 Å². The maximum atomic E-state index is 9.19. The van der Waals surface area contributed by atoms with E-state index in [0.29, 0.717) is 39.3 Å². The highest BCUT2D eigenvalue weighted by Crippen LogP contribution is 2.34. The van der Waals surface area contributed by atoms with Crippen molar-refractivity contribution in [3.05, 3.63) is 70.0 Å². The zero-order chi connectivity index (χ0) is 22.2. The summed E-state index contributed by atoms with van der Waals surface area (Å²) in [6.07, 6.45) is 3.32. The van der Waals surface area contributed by atoms with Crippen LogP contribution in [0.1, 0.15) is 24.2 Å². The quantitative estimate of drug-likeness (QED) is 0.306. The Morgan fingerprint density at radius 3 is 2.66 bits per heavy atom. The molecule has 2 aromatic carbocycles. The molecule has 0 radical (unpaired) electrons. The number of fused-ring (bicyclic) bond motifs is 2. The van der Waals surface area contributed by atoms with Crippen LogP contribution < -0.4 is 4.74 Å². The number of aliphatic hydroxyl groups excluding tert-OH is 1. The Bertz CT molecular complexity index is 1410. The fourth-order valence-corrected chi connectivity index (χ4v) is 4.45. The third-order valence-corrected chi connectivity index (χ3v) is 5.92. The summed E-state index contributed by atoms with van der Waals surface area (Å²) >= 11 is 12.5. The molecule has 7 nitrogen and oxygen atoms in total. The van der Waals surface area contributed by atoms with Gasteiger partial charge < -0.3 is 14.8 Å². The van der Waals surface area contributed by atoms with Crippen molar-refractivity contribution < 1.29 is 9.84 Å². The summed E-state index contributed by atoms with van der Waals surface area (Å²) in [6, 6.07) is 11.6. The third-order valence-electron chi connectivity index (χ3n) is 5.32. The van der Waals surface area contributed by atoms with Crippen LogP contribution in [0.5, 0.6) is 5.75 Å². The van der Waals surface area contributed by atoms with Gasteiger partial charge >= 0.3 is 0 Å². The largest absolute Gasteiger partial charge is 0.486 e. The molecule has 32 heavy (non-hydrogen) atoms. The van der Waals surface area contributed by atoms with E-state index in [1.807, 2.05) is 43.3 Å². The Balaban J connectivity index is 1.50. The molecule has 0 spiro atoms. The zero-order valence-corrected chi connectivity index (χ0v) is 18.6. The number of H-pyrrole nitrogens is 2. The van der Waals surface area contributed by atoms with Gasteiger partial charge in [-0.3, -0.25) is 10.1 Å². The van der Waals surface area contributed by atoms with Gasteiger partial charge in [0.1, 0.15) is 17.5 Å². The highest BCUT2D eigenvalue weighted by molar-refractivity contribution is 6.35. The van der Waals surface area contributed by atoms with Crippen molar-refractivity contribution in [3.63, 3.8) is 0 Å². The van der Waals surface area contributed by atoms with Crippen molar-refractivity contribution >= 4 is 45.1 Å². The lowest BCUT2D eigenvalue weighted by Gasteiger charge is -2.17. The van der Waals surface area contributed by atoms with Gasteiger partial charge in [-0.1, -0.05) is 29.3 Å². The highest BCUT2D eigenvalue weighted by Gasteiger charge is 2.18. The molecular formula is C23H19Cl2N5O2. The molecule has 5 aromatic rings. The van der Waals surface area contributed by atoms with E-state index < -0.39 is 0 Å². The maximum absolute atomic E-state index is 9.19. The van der Waals surface area contributed by atoms with Crippen LogP contribution in [0.15, 0.2) is 48.8 Å². The predicted molar refractivity (Wildman–Crippen MR) is 125 cm³/mol. The lowest BCUT2D eigenvalue weighted by atomic mass is 10.1. The molecule has 0 saturated heterocycles. The van der Waals surface area contributed by atoms with Crippen molar-refractivity contribution in [1.82, 2.24) is 25.1 Å². The molecule has 0 amide bonds. The van der Waals surface area contributed by atoms with E-state index in [1.165, 1.54) is 0 Å². The summed E-state index contributed by atoms with van der Waals surface area (Å²) in [5.41, 5.74) is 5.01. The number of pyridine rings is 1. The summed E-state index contributed by atoms with van der Waals surface area (Å²) in [6.45, 7) is 1.99. The number of ether oxygens (including phenoxy) is 1. The normalized spacial score (nSPS) is 12.5. The molecule has 0 aliphatic carbocycles. The molecule has 3 N–H and O–H groups in total. The van der Waals surface area contributed by atoms with E-state index in [9.17, 15) is 5.11 Å². The van der Waals surface area contributed by atoms with Crippen LogP contribution >= 0.6 is 23.2 Å². The second-order valence-corrected chi connectivity index (χ2v) is 8.28. The van der Waals surface area contributed by atoms with Gasteiger partial charge in [0.2, 0.25) is 0 Å². The molecule has 3 aromatic heterocycles. The first kappa shape index (κ1) is 20.8. The van der Waals surface area contributed by atoms with Crippen molar-refractivity contribution in [2.24, 2.45) is 0 Å². The second kappa shape index (κ2) is 8.43. The highest BCUT2D eigenvalue weighted by atomic mass is 35.5. The molecule has 162 valence electrons. The Morgan fingerprint density at radius 2 is 1.88 bits per heavy atom. The predicted octanol–water partition coefficient (Wildman–Crippen LogP) is 5.48. The van der Waals surface area contributed by atoms with Crippen molar-refractivity contribution in [3.8, 4) is 17.3 Å². The number of hydrogen-bond donors (Lipinski definition) is 3. The van der Waals surface area contributed by atoms with E-state index in [2.05, 4.69) is 25.1 Å². The number of benzene rings is 2. The Labute approximate surface area is 193 Å². The van der Waals surface area contributed by atoms with E-state index >= 15 is 0 Å². The summed E-state index contributed by atoms with van der Waals surface area (Å²) in [4.78, 5) is 12.0. The standard InChI is InChI=1S/C23H19Cl2N5O2/c1-12(21-16(24)10-26-11-17(21)25)32-14-3-5-18-15(9-14)22(30-29-18)23-27-19-4-2-13(6-7-31)8-20(19)28-23/h2-5,8-12,31H,6-7H2,1H3,(H,27,28)(H,29,30)/t12-/m1/s1. The van der Waals surface area contributed by atoms with Crippen LogP contribution in [0, 0.1) is 0 Å². The number of aliphatic hydroxyl groups is 1. The minimum Gasteiger partial charge on any atom is -0.486 e. The number of nitrogens with zero attached hydrogens (tertiary/aromatic N) is 3. The van der Waals surface area contributed by atoms with E-state index in [1.54, 1.807) is 12.4 Å². The van der Waals surface area contributed by atoms with Crippen LogP contribution in [0.3, 0.4) is 0 Å². The van der Waals surface area contributed by atoms with Crippen molar-refractivity contribution in [2.45, 2.75) is 19.4 Å². The third kappa shape index (κ3) is 3.79. The molecule has 0 aliphatic rings. The van der Waals surface area contributed by atoms with Gasteiger partial charge in [-0.2, -0.15) is 5.10 Å². The minimum atomic E-state index is -0.373. The van der Waals surface area contributed by atoms with Crippen LogP contribution in [0.25, 0.3) is 33.5 Å². The van der Waals surface area contributed by atoms with Crippen LogP contribution in [-0.4, -0.2) is 36.9 Å². The average Bonchev–Trinajstić information content (AvgIpc) is 3.37. The number of rotatable bonds is 6. The Hall–Kier alpha value is -3.13. The minimum absolute atomic E-state index is 0.105. The molecule has 5 rings (SSSR count). The van der Waals surface area contributed by atoms with E-state index in [0.717, 1.165) is 27.5 Å². The fraction of sp³-hybridized carbons (Fsp3) is 0.174. The smallest absolute Gasteiger partial charge is 0.159 e.